The molecule has 0 radical (unpaired) electrons. The van der Waals surface area contributed by atoms with Crippen molar-refractivity contribution in [2.24, 2.45) is 0 Å². The Morgan fingerprint density at radius 2 is 2.06 bits per heavy atom. The van der Waals surface area contributed by atoms with Gasteiger partial charge in [0.15, 0.2) is 16.6 Å². The number of thiazole rings is 1. The number of hydrogen-bond acceptors (Lipinski definition) is 7. The number of nitrogens with zero attached hydrogens (tertiary/aromatic N) is 3. The number of methoxy groups -OCH3 is 1. The predicted molar refractivity (Wildman–Crippen MR) is 128 cm³/mol. The molecule has 7 nitrogen and oxygen atoms in total. The van der Waals surface area contributed by atoms with Gasteiger partial charge in [-0.05, 0) is 58.0 Å². The van der Waals surface area contributed by atoms with Crippen molar-refractivity contribution < 1.29 is 19.0 Å². The van der Waals surface area contributed by atoms with Crippen LogP contribution in [-0.2, 0) is 11.2 Å². The average molecular weight is 464 g/mol. The SMILES string of the molecule is CCOC(=O)c1ccc2nc(C)n(-c3nc(-c4cc5c(c(OC)c4)OC(C)(C)C5)cs3)c2c1. The first-order valence-electron chi connectivity index (χ1n) is 10.8. The van der Waals surface area contributed by atoms with E-state index >= 15 is 0 Å². The van der Waals surface area contributed by atoms with Gasteiger partial charge in [0.2, 0.25) is 0 Å². The molecule has 3 heterocycles. The number of aryl methyl sites for hydroxylation is 1. The van der Waals surface area contributed by atoms with Crippen LogP contribution in [0.15, 0.2) is 35.7 Å². The van der Waals surface area contributed by atoms with Crippen molar-refractivity contribution in [2.45, 2.75) is 39.7 Å². The van der Waals surface area contributed by atoms with E-state index in [1.165, 1.54) is 11.3 Å². The molecule has 170 valence electrons. The van der Waals surface area contributed by atoms with Gasteiger partial charge < -0.3 is 14.2 Å². The predicted octanol–water partition coefficient (Wildman–Crippen LogP) is 5.36. The number of hydrogen-bond donors (Lipinski definition) is 0. The highest BCUT2D eigenvalue weighted by atomic mass is 32.1. The third-order valence-corrected chi connectivity index (χ3v) is 6.48. The molecule has 0 unspecified atom stereocenters. The highest BCUT2D eigenvalue weighted by molar-refractivity contribution is 7.12. The van der Waals surface area contributed by atoms with Gasteiger partial charge in [-0.15, -0.1) is 11.3 Å². The molecule has 0 saturated heterocycles. The molecule has 2 aromatic carbocycles. The normalized spacial score (nSPS) is 14.2. The van der Waals surface area contributed by atoms with Gasteiger partial charge in [-0.25, -0.2) is 14.8 Å². The number of esters is 1. The van der Waals surface area contributed by atoms with Gasteiger partial charge in [0, 0.05) is 22.9 Å². The maximum absolute atomic E-state index is 12.2. The molecule has 2 aromatic heterocycles. The number of imidazole rings is 1. The molecular weight excluding hydrogens is 438 g/mol. The Kier molecular flexibility index (Phi) is 5.12. The van der Waals surface area contributed by atoms with Crippen LogP contribution in [0.1, 0.15) is 42.5 Å². The molecule has 1 aliphatic heterocycles. The minimum Gasteiger partial charge on any atom is -0.493 e. The summed E-state index contributed by atoms with van der Waals surface area (Å²) < 4.78 is 18.8. The summed E-state index contributed by atoms with van der Waals surface area (Å²) in [5, 5.41) is 2.81. The summed E-state index contributed by atoms with van der Waals surface area (Å²) in [7, 11) is 1.66. The van der Waals surface area contributed by atoms with Gasteiger partial charge in [0.1, 0.15) is 11.4 Å². The minimum absolute atomic E-state index is 0.259. The van der Waals surface area contributed by atoms with Crippen molar-refractivity contribution in [3.05, 3.63) is 52.7 Å². The summed E-state index contributed by atoms with van der Waals surface area (Å²) in [5.41, 5.74) is 4.80. The lowest BCUT2D eigenvalue weighted by Gasteiger charge is -2.17. The Balaban J connectivity index is 1.57. The van der Waals surface area contributed by atoms with Gasteiger partial charge in [-0.3, -0.25) is 4.57 Å². The van der Waals surface area contributed by atoms with Crippen LogP contribution in [0.5, 0.6) is 11.5 Å². The first-order chi connectivity index (χ1) is 15.8. The maximum atomic E-state index is 12.2. The molecule has 1 aliphatic rings. The van der Waals surface area contributed by atoms with E-state index in [9.17, 15) is 4.79 Å². The summed E-state index contributed by atoms with van der Waals surface area (Å²) in [4.78, 5) is 21.8. The number of fused-ring (bicyclic) bond motifs is 2. The van der Waals surface area contributed by atoms with Gasteiger partial charge in [-0.1, -0.05) is 0 Å². The van der Waals surface area contributed by atoms with Crippen LogP contribution >= 0.6 is 11.3 Å². The van der Waals surface area contributed by atoms with E-state index in [-0.39, 0.29) is 11.6 Å². The number of carbonyl (C=O) groups excluding carboxylic acids is 1. The fraction of sp³-hybridized carbons (Fsp3) is 0.320. The summed E-state index contributed by atoms with van der Waals surface area (Å²) in [6.45, 7) is 8.21. The third kappa shape index (κ3) is 3.74. The zero-order valence-corrected chi connectivity index (χ0v) is 20.1. The maximum Gasteiger partial charge on any atom is 0.338 e. The van der Waals surface area contributed by atoms with Crippen molar-refractivity contribution in [3.8, 4) is 27.9 Å². The highest BCUT2D eigenvalue weighted by Gasteiger charge is 2.33. The van der Waals surface area contributed by atoms with Crippen LogP contribution in [0.3, 0.4) is 0 Å². The molecule has 0 spiro atoms. The van der Waals surface area contributed by atoms with E-state index in [0.29, 0.717) is 17.9 Å². The van der Waals surface area contributed by atoms with E-state index in [2.05, 4.69) is 24.9 Å². The third-order valence-electron chi connectivity index (χ3n) is 5.66. The van der Waals surface area contributed by atoms with Crippen LogP contribution in [0, 0.1) is 6.92 Å². The molecule has 0 amide bonds. The fourth-order valence-electron chi connectivity index (χ4n) is 4.26. The molecule has 0 saturated carbocycles. The molecule has 0 bridgehead atoms. The summed E-state index contributed by atoms with van der Waals surface area (Å²) in [6, 6.07) is 9.49. The van der Waals surface area contributed by atoms with Gasteiger partial charge in [-0.2, -0.15) is 0 Å². The van der Waals surface area contributed by atoms with Crippen LogP contribution in [-0.4, -0.2) is 39.8 Å². The minimum atomic E-state index is -0.347. The Hall–Kier alpha value is -3.39. The van der Waals surface area contributed by atoms with E-state index in [1.807, 2.05) is 35.1 Å². The number of benzene rings is 2. The monoisotopic (exact) mass is 463 g/mol. The summed E-state index contributed by atoms with van der Waals surface area (Å²) in [5.74, 6) is 1.98. The number of rotatable bonds is 5. The second-order valence-corrected chi connectivity index (χ2v) is 9.48. The van der Waals surface area contributed by atoms with E-state index in [4.69, 9.17) is 19.2 Å². The van der Waals surface area contributed by atoms with Crippen molar-refractivity contribution >= 4 is 28.3 Å². The topological polar surface area (TPSA) is 75.5 Å². The molecule has 0 fully saturated rings. The largest absolute Gasteiger partial charge is 0.493 e. The first kappa shape index (κ1) is 21.5. The number of ether oxygens (including phenoxy) is 3. The van der Waals surface area contributed by atoms with E-state index in [1.54, 1.807) is 20.1 Å². The Bertz CT molecular complexity index is 1390. The van der Waals surface area contributed by atoms with Crippen LogP contribution in [0.4, 0.5) is 0 Å². The standard InChI is InChI=1S/C25H25N3O4S/c1-6-31-23(29)15-7-8-18-20(10-15)28(14(2)26-18)24-27-19(13-33-24)16-9-17-12-25(3,4)32-22(17)21(11-16)30-5/h7-11,13H,6,12H2,1-5H3. The van der Waals surface area contributed by atoms with Crippen LogP contribution in [0.25, 0.3) is 27.4 Å². The van der Waals surface area contributed by atoms with E-state index < -0.39 is 0 Å². The zero-order valence-electron chi connectivity index (χ0n) is 19.3. The van der Waals surface area contributed by atoms with Crippen molar-refractivity contribution in [1.29, 1.82) is 0 Å². The van der Waals surface area contributed by atoms with Crippen molar-refractivity contribution in [2.75, 3.05) is 13.7 Å². The lowest BCUT2D eigenvalue weighted by molar-refractivity contribution is 0.0526. The molecule has 0 aliphatic carbocycles. The lowest BCUT2D eigenvalue weighted by Crippen LogP contribution is -2.24. The Morgan fingerprint density at radius 1 is 1.24 bits per heavy atom. The van der Waals surface area contributed by atoms with Gasteiger partial charge in [0.25, 0.3) is 0 Å². The van der Waals surface area contributed by atoms with Crippen LogP contribution in [0.2, 0.25) is 0 Å². The highest BCUT2D eigenvalue weighted by Crippen LogP contribution is 2.44. The zero-order chi connectivity index (χ0) is 23.3. The quantitative estimate of drug-likeness (QED) is 0.371. The van der Waals surface area contributed by atoms with Crippen molar-refractivity contribution in [1.82, 2.24) is 14.5 Å². The Labute approximate surface area is 196 Å². The van der Waals surface area contributed by atoms with Gasteiger partial charge >= 0.3 is 5.97 Å². The summed E-state index contributed by atoms with van der Waals surface area (Å²) in [6.07, 6.45) is 0.811. The molecule has 0 atom stereocenters. The second-order valence-electron chi connectivity index (χ2n) is 8.64. The van der Waals surface area contributed by atoms with Gasteiger partial charge in [0.05, 0.1) is 36.0 Å². The first-order valence-corrected chi connectivity index (χ1v) is 11.7. The van der Waals surface area contributed by atoms with Crippen molar-refractivity contribution in [3.63, 3.8) is 0 Å². The van der Waals surface area contributed by atoms with Crippen LogP contribution < -0.4 is 9.47 Å². The number of carbonyl (C=O) groups is 1. The average Bonchev–Trinajstić information content (AvgIpc) is 3.45. The molecular formula is C25H25N3O4S. The number of aromatic nitrogens is 3. The lowest BCUT2D eigenvalue weighted by atomic mass is 9.99. The molecule has 0 N–H and O–H groups in total. The molecule has 8 heteroatoms. The molecule has 33 heavy (non-hydrogen) atoms. The summed E-state index contributed by atoms with van der Waals surface area (Å²) >= 11 is 1.53. The molecule has 5 rings (SSSR count). The van der Waals surface area contributed by atoms with E-state index in [0.717, 1.165) is 51.0 Å². The fourth-order valence-corrected chi connectivity index (χ4v) is 5.15. The molecule has 4 aromatic rings. The second kappa shape index (κ2) is 7.88. The smallest absolute Gasteiger partial charge is 0.338 e. The Morgan fingerprint density at radius 3 is 2.82 bits per heavy atom.